The quantitative estimate of drug-likeness (QED) is 0.409. The van der Waals surface area contributed by atoms with E-state index >= 15 is 0 Å². The van der Waals surface area contributed by atoms with Crippen molar-refractivity contribution in [3.8, 4) is 5.75 Å². The van der Waals surface area contributed by atoms with Crippen LogP contribution in [0.3, 0.4) is 0 Å². The van der Waals surface area contributed by atoms with E-state index < -0.39 is 0 Å². The minimum Gasteiger partial charge on any atom is -0.497 e. The smallest absolute Gasteiger partial charge is 0.118 e. The Bertz CT molecular complexity index is 321. The Labute approximate surface area is 123 Å². The Balaban J connectivity index is 2.30. The number of hydrogen-bond donors (Lipinski definition) is 0. The van der Waals surface area contributed by atoms with Crippen LogP contribution in [0.2, 0.25) is 0 Å². The molecule has 0 radical (unpaired) electrons. The molecule has 0 aromatic heterocycles. The first-order valence-corrected chi connectivity index (χ1v) is 8.02. The molecule has 0 aliphatic heterocycles. The molecule has 1 unspecified atom stereocenters. The highest BCUT2D eigenvalue weighted by atomic mass is 35.5. The van der Waals surface area contributed by atoms with E-state index in [0.29, 0.717) is 5.92 Å². The number of halogens is 1. The molecular weight excluding hydrogens is 256 g/mol. The zero-order valence-corrected chi connectivity index (χ0v) is 13.1. The Morgan fingerprint density at radius 2 is 1.74 bits per heavy atom. The average molecular weight is 283 g/mol. The van der Waals surface area contributed by atoms with Crippen LogP contribution in [0.25, 0.3) is 0 Å². The van der Waals surface area contributed by atoms with Gasteiger partial charge in [0.25, 0.3) is 0 Å². The molecule has 0 saturated carbocycles. The largest absolute Gasteiger partial charge is 0.497 e. The molecule has 0 N–H and O–H groups in total. The van der Waals surface area contributed by atoms with Gasteiger partial charge in [0.2, 0.25) is 0 Å². The highest BCUT2D eigenvalue weighted by Crippen LogP contribution is 2.20. The van der Waals surface area contributed by atoms with Gasteiger partial charge in [-0.05, 0) is 36.5 Å². The van der Waals surface area contributed by atoms with Crippen molar-refractivity contribution in [2.75, 3.05) is 13.0 Å². The molecule has 19 heavy (non-hydrogen) atoms. The number of ether oxygens (including phenoxy) is 1. The first-order valence-electron chi connectivity index (χ1n) is 7.49. The van der Waals surface area contributed by atoms with Crippen molar-refractivity contribution in [1.29, 1.82) is 0 Å². The van der Waals surface area contributed by atoms with Crippen molar-refractivity contribution >= 4 is 11.6 Å². The van der Waals surface area contributed by atoms with Crippen molar-refractivity contribution in [3.63, 3.8) is 0 Å². The van der Waals surface area contributed by atoms with Crippen LogP contribution in [0.4, 0.5) is 0 Å². The maximum absolute atomic E-state index is 6.09. The molecular formula is C17H27ClO. The fraction of sp³-hybridized carbons (Fsp3) is 0.647. The topological polar surface area (TPSA) is 9.23 Å². The lowest BCUT2D eigenvalue weighted by molar-refractivity contribution is 0.414. The summed E-state index contributed by atoms with van der Waals surface area (Å²) in [7, 11) is 1.70. The van der Waals surface area contributed by atoms with Crippen molar-refractivity contribution in [2.24, 2.45) is 5.92 Å². The van der Waals surface area contributed by atoms with E-state index in [1.807, 2.05) is 12.1 Å². The number of hydrogen-bond acceptors (Lipinski definition) is 1. The average Bonchev–Trinajstić information content (AvgIpc) is 2.46. The SMILES string of the molecule is CCCCCCCC(CCl)Cc1ccc(OC)cc1. The third kappa shape index (κ3) is 6.87. The first kappa shape index (κ1) is 16.4. The molecule has 1 atom stereocenters. The second-order valence-corrected chi connectivity index (χ2v) is 5.58. The summed E-state index contributed by atoms with van der Waals surface area (Å²) in [6.45, 7) is 2.26. The zero-order chi connectivity index (χ0) is 13.9. The highest BCUT2D eigenvalue weighted by molar-refractivity contribution is 6.18. The molecule has 0 spiro atoms. The van der Waals surface area contributed by atoms with Gasteiger partial charge in [-0.3, -0.25) is 0 Å². The van der Waals surface area contributed by atoms with Gasteiger partial charge >= 0.3 is 0 Å². The Hall–Kier alpha value is -0.690. The molecule has 0 aliphatic carbocycles. The number of rotatable bonds is 10. The minimum absolute atomic E-state index is 0.608. The molecule has 0 fully saturated rings. The van der Waals surface area contributed by atoms with Crippen molar-refractivity contribution < 1.29 is 4.74 Å². The van der Waals surface area contributed by atoms with E-state index in [1.165, 1.54) is 44.1 Å². The summed E-state index contributed by atoms with van der Waals surface area (Å²) in [4.78, 5) is 0. The van der Waals surface area contributed by atoms with Gasteiger partial charge in [-0.25, -0.2) is 0 Å². The van der Waals surface area contributed by atoms with Crippen molar-refractivity contribution in [1.82, 2.24) is 0 Å². The summed E-state index contributed by atoms with van der Waals surface area (Å²) in [5, 5.41) is 0. The van der Waals surface area contributed by atoms with E-state index in [-0.39, 0.29) is 0 Å². The predicted molar refractivity (Wildman–Crippen MR) is 84.3 cm³/mol. The number of methoxy groups -OCH3 is 1. The molecule has 0 aliphatic rings. The van der Waals surface area contributed by atoms with Crippen LogP contribution in [0, 0.1) is 5.92 Å². The number of unbranched alkanes of at least 4 members (excludes halogenated alkanes) is 4. The van der Waals surface area contributed by atoms with E-state index in [4.69, 9.17) is 16.3 Å². The van der Waals surface area contributed by atoms with Crippen LogP contribution >= 0.6 is 11.6 Å². The van der Waals surface area contributed by atoms with Gasteiger partial charge in [-0.15, -0.1) is 11.6 Å². The number of alkyl halides is 1. The zero-order valence-electron chi connectivity index (χ0n) is 12.3. The van der Waals surface area contributed by atoms with Gasteiger partial charge in [0, 0.05) is 5.88 Å². The molecule has 1 aromatic carbocycles. The second kappa shape index (κ2) is 10.1. The van der Waals surface area contributed by atoms with Crippen LogP contribution in [0.1, 0.15) is 51.0 Å². The van der Waals surface area contributed by atoms with Crippen LogP contribution in [-0.4, -0.2) is 13.0 Å². The monoisotopic (exact) mass is 282 g/mol. The molecule has 1 aromatic rings. The third-order valence-corrected chi connectivity index (χ3v) is 4.05. The summed E-state index contributed by atoms with van der Waals surface area (Å²) in [6, 6.07) is 8.36. The van der Waals surface area contributed by atoms with Gasteiger partial charge < -0.3 is 4.74 Å². The van der Waals surface area contributed by atoms with Crippen LogP contribution in [0.15, 0.2) is 24.3 Å². The molecule has 1 nitrogen and oxygen atoms in total. The van der Waals surface area contributed by atoms with E-state index in [0.717, 1.165) is 18.1 Å². The van der Waals surface area contributed by atoms with Gasteiger partial charge in [-0.1, -0.05) is 51.2 Å². The molecule has 0 bridgehead atoms. The van der Waals surface area contributed by atoms with Gasteiger partial charge in [-0.2, -0.15) is 0 Å². The summed E-state index contributed by atoms with van der Waals surface area (Å²) < 4.78 is 5.18. The Kier molecular flexibility index (Phi) is 8.73. The molecule has 0 saturated heterocycles. The highest BCUT2D eigenvalue weighted by Gasteiger charge is 2.08. The number of benzene rings is 1. The molecule has 1 rings (SSSR count). The molecule has 108 valence electrons. The lowest BCUT2D eigenvalue weighted by Crippen LogP contribution is -2.06. The summed E-state index contributed by atoms with van der Waals surface area (Å²) in [6.07, 6.45) is 9.04. The lowest BCUT2D eigenvalue weighted by atomic mass is 9.95. The van der Waals surface area contributed by atoms with E-state index in [9.17, 15) is 0 Å². The molecule has 0 heterocycles. The van der Waals surface area contributed by atoms with Gasteiger partial charge in [0.05, 0.1) is 7.11 Å². The van der Waals surface area contributed by atoms with Crippen LogP contribution < -0.4 is 4.74 Å². The van der Waals surface area contributed by atoms with Gasteiger partial charge in [0.1, 0.15) is 5.75 Å². The minimum atomic E-state index is 0.608. The second-order valence-electron chi connectivity index (χ2n) is 5.28. The first-order chi connectivity index (χ1) is 9.30. The predicted octanol–water partition coefficient (Wildman–Crippen LogP) is 5.45. The van der Waals surface area contributed by atoms with E-state index in [1.54, 1.807) is 7.11 Å². The fourth-order valence-corrected chi connectivity index (χ4v) is 2.63. The maximum Gasteiger partial charge on any atom is 0.118 e. The molecule has 0 amide bonds. The van der Waals surface area contributed by atoms with Crippen LogP contribution in [-0.2, 0) is 6.42 Å². The maximum atomic E-state index is 6.09. The normalized spacial score (nSPS) is 12.4. The van der Waals surface area contributed by atoms with Crippen molar-refractivity contribution in [2.45, 2.75) is 51.9 Å². The summed E-state index contributed by atoms with van der Waals surface area (Å²) in [5.74, 6) is 2.29. The third-order valence-electron chi connectivity index (χ3n) is 3.62. The summed E-state index contributed by atoms with van der Waals surface area (Å²) in [5.41, 5.74) is 1.36. The van der Waals surface area contributed by atoms with E-state index in [2.05, 4.69) is 19.1 Å². The standard InChI is InChI=1S/C17H27ClO/c1-3-4-5-6-7-8-16(14-18)13-15-9-11-17(19-2)12-10-15/h9-12,16H,3-8,13-14H2,1-2H3. The Morgan fingerprint density at radius 3 is 2.32 bits per heavy atom. The van der Waals surface area contributed by atoms with Gasteiger partial charge in [0.15, 0.2) is 0 Å². The Morgan fingerprint density at radius 1 is 1.05 bits per heavy atom. The fourth-order valence-electron chi connectivity index (χ4n) is 2.37. The lowest BCUT2D eigenvalue weighted by Gasteiger charge is -2.14. The molecule has 2 heteroatoms. The van der Waals surface area contributed by atoms with Crippen molar-refractivity contribution in [3.05, 3.63) is 29.8 Å². The summed E-state index contributed by atoms with van der Waals surface area (Å²) >= 11 is 6.09. The van der Waals surface area contributed by atoms with Crippen LogP contribution in [0.5, 0.6) is 5.75 Å².